The van der Waals surface area contributed by atoms with Gasteiger partial charge in [0, 0.05) is 16.0 Å². The molecule has 0 amide bonds. The highest BCUT2D eigenvalue weighted by atomic mass is 32.2. The van der Waals surface area contributed by atoms with Crippen LogP contribution in [0.5, 0.6) is 0 Å². The Kier molecular flexibility index (Phi) is 3.43. The lowest BCUT2D eigenvalue weighted by Gasteiger charge is -2.14. The highest BCUT2D eigenvalue weighted by Gasteiger charge is 2.06. The minimum absolute atomic E-state index is 1.12. The summed E-state index contributed by atoms with van der Waals surface area (Å²) in [4.78, 5) is 1.27. The molecule has 0 saturated carbocycles. The molecule has 3 aromatic rings. The Balaban J connectivity index is 2.15. The van der Waals surface area contributed by atoms with Crippen LogP contribution in [0.4, 0.5) is 11.4 Å². The SMILES string of the molecule is CSc1ccc2ccccc2c1Nc1ccccc1. The number of hydrogen-bond acceptors (Lipinski definition) is 2. The van der Waals surface area contributed by atoms with Crippen LogP contribution in [-0.4, -0.2) is 6.26 Å². The number of para-hydroxylation sites is 1. The van der Waals surface area contributed by atoms with Crippen LogP contribution in [0.2, 0.25) is 0 Å². The zero-order valence-electron chi connectivity index (χ0n) is 10.8. The van der Waals surface area contributed by atoms with E-state index in [9.17, 15) is 0 Å². The van der Waals surface area contributed by atoms with Crippen LogP contribution in [0, 0.1) is 0 Å². The van der Waals surface area contributed by atoms with Gasteiger partial charge in [-0.1, -0.05) is 48.5 Å². The van der Waals surface area contributed by atoms with Crippen molar-refractivity contribution in [2.75, 3.05) is 11.6 Å². The fourth-order valence-electron chi connectivity index (χ4n) is 2.22. The van der Waals surface area contributed by atoms with Gasteiger partial charge >= 0.3 is 0 Å². The fraction of sp³-hybridized carbons (Fsp3) is 0.0588. The van der Waals surface area contributed by atoms with Crippen molar-refractivity contribution in [1.82, 2.24) is 0 Å². The Morgan fingerprint density at radius 1 is 0.789 bits per heavy atom. The normalized spacial score (nSPS) is 10.6. The maximum atomic E-state index is 3.55. The number of rotatable bonds is 3. The molecule has 0 unspecified atom stereocenters. The maximum absolute atomic E-state index is 3.55. The lowest BCUT2D eigenvalue weighted by Crippen LogP contribution is -1.93. The summed E-state index contributed by atoms with van der Waals surface area (Å²) in [6.07, 6.45) is 2.11. The van der Waals surface area contributed by atoms with Crippen molar-refractivity contribution in [2.24, 2.45) is 0 Å². The fourth-order valence-corrected chi connectivity index (χ4v) is 2.79. The Labute approximate surface area is 117 Å². The second kappa shape index (κ2) is 5.37. The molecule has 3 rings (SSSR count). The third kappa shape index (κ3) is 2.45. The van der Waals surface area contributed by atoms with Gasteiger partial charge in [0.05, 0.1) is 5.69 Å². The van der Waals surface area contributed by atoms with Crippen molar-refractivity contribution in [3.63, 3.8) is 0 Å². The van der Waals surface area contributed by atoms with Gasteiger partial charge in [-0.3, -0.25) is 0 Å². The maximum Gasteiger partial charge on any atom is 0.0601 e. The average molecular weight is 265 g/mol. The molecule has 0 heterocycles. The van der Waals surface area contributed by atoms with E-state index in [1.54, 1.807) is 11.8 Å². The van der Waals surface area contributed by atoms with Crippen LogP contribution in [0.15, 0.2) is 71.6 Å². The quantitative estimate of drug-likeness (QED) is 0.644. The topological polar surface area (TPSA) is 12.0 Å². The van der Waals surface area contributed by atoms with Gasteiger partial charge in [-0.25, -0.2) is 0 Å². The number of nitrogens with one attached hydrogen (secondary N) is 1. The number of hydrogen-bond donors (Lipinski definition) is 1. The molecule has 0 aliphatic rings. The van der Waals surface area contributed by atoms with E-state index in [0.717, 1.165) is 5.69 Å². The molecule has 3 aromatic carbocycles. The van der Waals surface area contributed by atoms with Crippen molar-refractivity contribution in [3.8, 4) is 0 Å². The Bertz CT molecular complexity index is 692. The molecular weight excluding hydrogens is 250 g/mol. The average Bonchev–Trinajstić information content (AvgIpc) is 2.49. The molecule has 0 aromatic heterocycles. The van der Waals surface area contributed by atoms with Crippen molar-refractivity contribution < 1.29 is 0 Å². The second-order valence-corrected chi connectivity index (χ2v) is 5.20. The van der Waals surface area contributed by atoms with E-state index in [1.807, 2.05) is 18.2 Å². The number of benzene rings is 3. The summed E-state index contributed by atoms with van der Waals surface area (Å²) in [6, 6.07) is 23.1. The molecule has 0 aliphatic carbocycles. The van der Waals surface area contributed by atoms with Gasteiger partial charge in [-0.05, 0) is 29.8 Å². The minimum atomic E-state index is 1.12. The standard InChI is InChI=1S/C17H15NS/c1-19-16-12-11-13-7-5-6-10-15(13)17(16)18-14-8-3-2-4-9-14/h2-12,18H,1H3. The Hall–Kier alpha value is -1.93. The van der Waals surface area contributed by atoms with Crippen LogP contribution >= 0.6 is 11.8 Å². The first-order chi connectivity index (χ1) is 9.38. The predicted octanol–water partition coefficient (Wildman–Crippen LogP) is 5.31. The molecule has 94 valence electrons. The summed E-state index contributed by atoms with van der Waals surface area (Å²) in [6.45, 7) is 0. The van der Waals surface area contributed by atoms with Crippen molar-refractivity contribution >= 4 is 33.9 Å². The summed E-state index contributed by atoms with van der Waals surface area (Å²) in [5.74, 6) is 0. The molecule has 0 bridgehead atoms. The van der Waals surface area contributed by atoms with E-state index in [1.165, 1.54) is 21.4 Å². The lowest BCUT2D eigenvalue weighted by atomic mass is 10.1. The number of anilines is 2. The third-order valence-corrected chi connectivity index (χ3v) is 3.93. The lowest BCUT2D eigenvalue weighted by molar-refractivity contribution is 1.45. The zero-order valence-corrected chi connectivity index (χ0v) is 11.6. The predicted molar refractivity (Wildman–Crippen MR) is 85.5 cm³/mol. The molecule has 0 radical (unpaired) electrons. The molecule has 0 saturated heterocycles. The smallest absolute Gasteiger partial charge is 0.0601 e. The van der Waals surface area contributed by atoms with Gasteiger partial charge in [-0.2, -0.15) is 0 Å². The molecular formula is C17H15NS. The number of fused-ring (bicyclic) bond motifs is 1. The summed E-state index contributed by atoms with van der Waals surface area (Å²) < 4.78 is 0. The Morgan fingerprint density at radius 3 is 2.32 bits per heavy atom. The number of thioether (sulfide) groups is 1. The summed E-state index contributed by atoms with van der Waals surface area (Å²) in [5.41, 5.74) is 2.31. The molecule has 0 spiro atoms. The van der Waals surface area contributed by atoms with Gasteiger partial charge < -0.3 is 5.32 Å². The van der Waals surface area contributed by atoms with Gasteiger partial charge in [0.15, 0.2) is 0 Å². The van der Waals surface area contributed by atoms with Crippen molar-refractivity contribution in [2.45, 2.75) is 4.90 Å². The summed E-state index contributed by atoms with van der Waals surface area (Å²) in [5, 5.41) is 6.07. The Morgan fingerprint density at radius 2 is 1.53 bits per heavy atom. The third-order valence-electron chi connectivity index (χ3n) is 3.15. The summed E-state index contributed by atoms with van der Waals surface area (Å²) >= 11 is 1.77. The molecule has 0 aliphatic heterocycles. The van der Waals surface area contributed by atoms with E-state index >= 15 is 0 Å². The molecule has 2 heteroatoms. The van der Waals surface area contributed by atoms with Crippen LogP contribution in [0.3, 0.4) is 0 Å². The molecule has 1 N–H and O–H groups in total. The van der Waals surface area contributed by atoms with E-state index in [0.29, 0.717) is 0 Å². The molecule has 19 heavy (non-hydrogen) atoms. The second-order valence-electron chi connectivity index (χ2n) is 4.35. The van der Waals surface area contributed by atoms with Gasteiger partial charge in [0.2, 0.25) is 0 Å². The van der Waals surface area contributed by atoms with Gasteiger partial charge in [0.25, 0.3) is 0 Å². The van der Waals surface area contributed by atoms with Crippen molar-refractivity contribution in [3.05, 3.63) is 66.7 Å². The van der Waals surface area contributed by atoms with Crippen LogP contribution in [0.25, 0.3) is 10.8 Å². The first-order valence-corrected chi connectivity index (χ1v) is 7.49. The van der Waals surface area contributed by atoms with E-state index < -0.39 is 0 Å². The minimum Gasteiger partial charge on any atom is -0.354 e. The molecule has 0 fully saturated rings. The van der Waals surface area contributed by atoms with Gasteiger partial charge in [-0.15, -0.1) is 11.8 Å². The monoisotopic (exact) mass is 265 g/mol. The van der Waals surface area contributed by atoms with E-state index in [4.69, 9.17) is 0 Å². The highest BCUT2D eigenvalue weighted by molar-refractivity contribution is 7.98. The first kappa shape index (κ1) is 12.1. The molecule has 1 nitrogen and oxygen atoms in total. The first-order valence-electron chi connectivity index (χ1n) is 6.26. The molecule has 0 atom stereocenters. The summed E-state index contributed by atoms with van der Waals surface area (Å²) in [7, 11) is 0. The van der Waals surface area contributed by atoms with E-state index in [-0.39, 0.29) is 0 Å². The van der Waals surface area contributed by atoms with Crippen molar-refractivity contribution in [1.29, 1.82) is 0 Å². The van der Waals surface area contributed by atoms with E-state index in [2.05, 4.69) is 60.1 Å². The van der Waals surface area contributed by atoms with Gasteiger partial charge in [0.1, 0.15) is 0 Å². The van der Waals surface area contributed by atoms with Crippen LogP contribution < -0.4 is 5.32 Å². The largest absolute Gasteiger partial charge is 0.354 e. The zero-order chi connectivity index (χ0) is 13.1. The van der Waals surface area contributed by atoms with Crippen LogP contribution in [0.1, 0.15) is 0 Å². The highest BCUT2D eigenvalue weighted by Crippen LogP contribution is 2.35. The van der Waals surface area contributed by atoms with Crippen LogP contribution in [-0.2, 0) is 0 Å².